The number of aliphatic hydroxyl groups is 1. The third-order valence-electron chi connectivity index (χ3n) is 2.09. The molecule has 1 aromatic carbocycles. The number of hydrogen-bond donors (Lipinski definition) is 3. The molecule has 0 aliphatic heterocycles. The molecule has 0 bridgehead atoms. The van der Waals surface area contributed by atoms with Crippen LogP contribution in [-0.2, 0) is 0 Å². The van der Waals surface area contributed by atoms with Crippen LogP contribution in [0.5, 0.6) is 0 Å². The van der Waals surface area contributed by atoms with Gasteiger partial charge in [-0.15, -0.1) is 24.0 Å². The maximum absolute atomic E-state index is 8.61. The topological polar surface area (TPSA) is 70.6 Å². The minimum atomic E-state index is 0. The molecule has 0 saturated carbocycles. The second-order valence-corrected chi connectivity index (χ2v) is 3.85. The lowest BCUT2D eigenvalue weighted by atomic mass is 10.1. The number of benzene rings is 1. The highest BCUT2D eigenvalue weighted by Gasteiger charge is 1.97. The summed E-state index contributed by atoms with van der Waals surface area (Å²) in [5, 5.41) is 11.6. The number of aryl methyl sites for hydroxylation is 2. The van der Waals surface area contributed by atoms with E-state index in [0.29, 0.717) is 18.9 Å². The van der Waals surface area contributed by atoms with Crippen LogP contribution in [0, 0.1) is 13.8 Å². The molecule has 1 aromatic rings. The van der Waals surface area contributed by atoms with Crippen molar-refractivity contribution in [3.05, 3.63) is 29.3 Å². The van der Waals surface area contributed by atoms with Crippen LogP contribution in [-0.4, -0.2) is 24.2 Å². The number of nitrogens with two attached hydrogens (primary N) is 1. The van der Waals surface area contributed by atoms with Crippen molar-refractivity contribution in [2.24, 2.45) is 10.7 Å². The van der Waals surface area contributed by atoms with Crippen LogP contribution in [0.15, 0.2) is 23.2 Å². The van der Waals surface area contributed by atoms with Gasteiger partial charge >= 0.3 is 0 Å². The molecule has 0 aliphatic rings. The van der Waals surface area contributed by atoms with Crippen LogP contribution in [0.1, 0.15) is 17.5 Å². The maximum atomic E-state index is 8.61. The number of hydrogen-bond acceptors (Lipinski definition) is 2. The molecule has 0 atom stereocenters. The van der Waals surface area contributed by atoms with Gasteiger partial charge < -0.3 is 16.2 Å². The highest BCUT2D eigenvalue weighted by Crippen LogP contribution is 2.13. The van der Waals surface area contributed by atoms with E-state index in [1.807, 2.05) is 26.0 Å². The van der Waals surface area contributed by atoms with E-state index >= 15 is 0 Å². The molecule has 0 fully saturated rings. The number of nitrogens with one attached hydrogen (secondary N) is 1. The lowest BCUT2D eigenvalue weighted by Gasteiger charge is -2.07. The zero-order valence-electron chi connectivity index (χ0n) is 10.2. The van der Waals surface area contributed by atoms with Gasteiger partial charge in [-0.1, -0.05) is 6.07 Å². The van der Waals surface area contributed by atoms with E-state index in [2.05, 4.69) is 16.4 Å². The summed E-state index contributed by atoms with van der Waals surface area (Å²) in [4.78, 5) is 4.09. The van der Waals surface area contributed by atoms with Gasteiger partial charge in [-0.05, 0) is 43.5 Å². The molecule has 0 amide bonds. The minimum Gasteiger partial charge on any atom is -0.396 e. The van der Waals surface area contributed by atoms with Crippen LogP contribution in [0.3, 0.4) is 0 Å². The van der Waals surface area contributed by atoms with Gasteiger partial charge in [0.15, 0.2) is 5.96 Å². The molecule has 17 heavy (non-hydrogen) atoms. The van der Waals surface area contributed by atoms with Gasteiger partial charge in [-0.3, -0.25) is 4.99 Å². The molecule has 96 valence electrons. The summed E-state index contributed by atoms with van der Waals surface area (Å²) in [7, 11) is 0. The highest BCUT2D eigenvalue weighted by molar-refractivity contribution is 14.0. The average molecular weight is 349 g/mol. The number of halogens is 1. The summed E-state index contributed by atoms with van der Waals surface area (Å²) in [5.41, 5.74) is 9.02. The number of guanidine groups is 1. The van der Waals surface area contributed by atoms with Crippen molar-refractivity contribution in [2.75, 3.05) is 18.5 Å². The molecule has 0 heterocycles. The van der Waals surface area contributed by atoms with E-state index in [1.165, 1.54) is 11.1 Å². The van der Waals surface area contributed by atoms with Crippen molar-refractivity contribution in [1.82, 2.24) is 0 Å². The van der Waals surface area contributed by atoms with Crippen molar-refractivity contribution >= 4 is 35.6 Å². The number of anilines is 1. The van der Waals surface area contributed by atoms with Gasteiger partial charge in [0.1, 0.15) is 0 Å². The number of aliphatic hydroxyl groups excluding tert-OH is 1. The molecule has 5 heteroatoms. The quantitative estimate of drug-likeness (QED) is 0.337. The second kappa shape index (κ2) is 8.30. The Morgan fingerprint density at radius 2 is 1.88 bits per heavy atom. The largest absolute Gasteiger partial charge is 0.396 e. The minimum absolute atomic E-state index is 0. The molecular formula is C12H20IN3O. The first kappa shape index (κ1) is 16.2. The normalized spacial score (nSPS) is 10.9. The van der Waals surface area contributed by atoms with E-state index in [1.54, 1.807) is 0 Å². The van der Waals surface area contributed by atoms with E-state index in [-0.39, 0.29) is 30.6 Å². The van der Waals surface area contributed by atoms with Gasteiger partial charge in [0.25, 0.3) is 0 Å². The van der Waals surface area contributed by atoms with Gasteiger partial charge in [0, 0.05) is 18.8 Å². The zero-order chi connectivity index (χ0) is 12.0. The summed E-state index contributed by atoms with van der Waals surface area (Å²) in [6, 6.07) is 6.13. The fourth-order valence-electron chi connectivity index (χ4n) is 1.50. The molecule has 0 radical (unpaired) electrons. The summed E-state index contributed by atoms with van der Waals surface area (Å²) in [5.74, 6) is 0.387. The van der Waals surface area contributed by atoms with Crippen LogP contribution in [0.25, 0.3) is 0 Å². The Bertz CT molecular complexity index is 360. The zero-order valence-corrected chi connectivity index (χ0v) is 12.6. The van der Waals surface area contributed by atoms with Gasteiger partial charge in [-0.25, -0.2) is 0 Å². The standard InChI is InChI=1S/C12H19N3O.HI/c1-9-6-10(2)8-11(7-9)15-12(13)14-4-3-5-16;/h6-8,16H,3-5H2,1-2H3,(H3,13,14,15);1H. The predicted molar refractivity (Wildman–Crippen MR) is 83.1 cm³/mol. The van der Waals surface area contributed by atoms with Crippen LogP contribution in [0.2, 0.25) is 0 Å². The molecule has 4 nitrogen and oxygen atoms in total. The van der Waals surface area contributed by atoms with E-state index in [9.17, 15) is 0 Å². The van der Waals surface area contributed by atoms with Crippen LogP contribution >= 0.6 is 24.0 Å². The average Bonchev–Trinajstić information content (AvgIpc) is 2.16. The van der Waals surface area contributed by atoms with Crippen molar-refractivity contribution in [2.45, 2.75) is 20.3 Å². The van der Waals surface area contributed by atoms with Crippen molar-refractivity contribution in [3.63, 3.8) is 0 Å². The third-order valence-corrected chi connectivity index (χ3v) is 2.09. The van der Waals surface area contributed by atoms with Crippen LogP contribution in [0.4, 0.5) is 5.69 Å². The number of rotatable bonds is 4. The third kappa shape index (κ3) is 6.48. The first-order valence-corrected chi connectivity index (χ1v) is 5.38. The Labute approximate surface area is 119 Å². The van der Waals surface area contributed by atoms with Gasteiger partial charge in [0.2, 0.25) is 0 Å². The Balaban J connectivity index is 0.00000256. The Morgan fingerprint density at radius 1 is 1.29 bits per heavy atom. The summed E-state index contributed by atoms with van der Waals surface area (Å²) >= 11 is 0. The maximum Gasteiger partial charge on any atom is 0.193 e. The Hall–Kier alpha value is -0.820. The fourth-order valence-corrected chi connectivity index (χ4v) is 1.50. The van der Waals surface area contributed by atoms with Crippen molar-refractivity contribution in [3.8, 4) is 0 Å². The molecule has 0 aromatic heterocycles. The lowest BCUT2D eigenvalue weighted by molar-refractivity contribution is 0.291. The molecule has 0 saturated heterocycles. The van der Waals surface area contributed by atoms with Crippen LogP contribution < -0.4 is 11.1 Å². The van der Waals surface area contributed by atoms with E-state index in [0.717, 1.165) is 5.69 Å². The van der Waals surface area contributed by atoms with E-state index < -0.39 is 0 Å². The molecule has 4 N–H and O–H groups in total. The molecule has 1 rings (SSSR count). The summed E-state index contributed by atoms with van der Waals surface area (Å²) in [6.45, 7) is 4.76. The number of aliphatic imine (C=N–C) groups is 1. The monoisotopic (exact) mass is 349 g/mol. The molecule has 0 unspecified atom stereocenters. The van der Waals surface area contributed by atoms with Gasteiger partial charge in [-0.2, -0.15) is 0 Å². The fraction of sp³-hybridized carbons (Fsp3) is 0.417. The summed E-state index contributed by atoms with van der Waals surface area (Å²) < 4.78 is 0. The molecule has 0 spiro atoms. The smallest absolute Gasteiger partial charge is 0.193 e. The van der Waals surface area contributed by atoms with Crippen molar-refractivity contribution < 1.29 is 5.11 Å². The SMILES string of the molecule is Cc1cc(C)cc(NC(N)=NCCCO)c1.I. The molecular weight excluding hydrogens is 329 g/mol. The predicted octanol–water partition coefficient (Wildman–Crippen LogP) is 2.03. The molecule has 0 aliphatic carbocycles. The first-order chi connectivity index (χ1) is 7.61. The summed E-state index contributed by atoms with van der Waals surface area (Å²) in [6.07, 6.45) is 0.634. The van der Waals surface area contributed by atoms with Gasteiger partial charge in [0.05, 0.1) is 0 Å². The Morgan fingerprint density at radius 3 is 2.41 bits per heavy atom. The Kier molecular flexibility index (Phi) is 7.90. The lowest BCUT2D eigenvalue weighted by Crippen LogP contribution is -2.23. The van der Waals surface area contributed by atoms with Crippen molar-refractivity contribution in [1.29, 1.82) is 0 Å². The highest BCUT2D eigenvalue weighted by atomic mass is 127. The second-order valence-electron chi connectivity index (χ2n) is 3.85. The number of nitrogens with zero attached hydrogens (tertiary/aromatic N) is 1. The first-order valence-electron chi connectivity index (χ1n) is 5.38. The van der Waals surface area contributed by atoms with E-state index in [4.69, 9.17) is 10.8 Å².